The van der Waals surface area contributed by atoms with Crippen LogP contribution >= 0.6 is 0 Å². The van der Waals surface area contributed by atoms with Gasteiger partial charge in [-0.25, -0.2) is 4.70 Å². The van der Waals surface area contributed by atoms with Gasteiger partial charge in [-0.2, -0.15) is 0 Å². The van der Waals surface area contributed by atoms with Crippen molar-refractivity contribution in [3.05, 3.63) is 103 Å². The summed E-state index contributed by atoms with van der Waals surface area (Å²) in [6.07, 6.45) is 22.4. The molecule has 0 bridgehead atoms. The Kier molecular flexibility index (Phi) is 22.9. The summed E-state index contributed by atoms with van der Waals surface area (Å²) >= 11 is 0. The molecule has 46 heavy (non-hydrogen) atoms. The number of unbranched alkanes of at least 4 members (excludes halogenated alkanes) is 12. The molecule has 0 unspecified atom stereocenters. The molecule has 1 heterocycles. The fraction of sp³-hybridized carbons (Fsp3) is 0.524. The topological polar surface area (TPSA) is 25.3 Å². The van der Waals surface area contributed by atoms with E-state index in [0.29, 0.717) is 0 Å². The van der Waals surface area contributed by atoms with E-state index in [-0.39, 0.29) is 31.3 Å². The van der Waals surface area contributed by atoms with Gasteiger partial charge in [-0.3, -0.25) is 0 Å². The fourth-order valence-corrected chi connectivity index (χ4v) is 6.73. The Hall–Kier alpha value is -2.21. The molecular weight excluding hydrogens is 619 g/mol. The molecule has 2 aromatic carbocycles. The van der Waals surface area contributed by atoms with Crippen LogP contribution in [0.15, 0.2) is 60.2 Å². The van der Waals surface area contributed by atoms with Crippen molar-refractivity contribution in [3.63, 3.8) is 0 Å². The molecule has 1 aliphatic rings. The van der Waals surface area contributed by atoms with Crippen LogP contribution in [0.25, 0.3) is 16.9 Å². The Bertz CT molecular complexity index is 1250. The Morgan fingerprint density at radius 3 is 1.63 bits per heavy atom. The molecule has 0 saturated heterocycles. The van der Waals surface area contributed by atoms with E-state index in [1.807, 2.05) is 0 Å². The second-order valence-electron chi connectivity index (χ2n) is 13.7. The molecule has 4 heteroatoms. The van der Waals surface area contributed by atoms with Crippen molar-refractivity contribution >= 4 is 19.5 Å². The summed E-state index contributed by atoms with van der Waals surface area (Å²) in [7, 11) is -1.07. The zero-order valence-electron chi connectivity index (χ0n) is 30.4. The monoisotopic (exact) mass is 682 g/mol. The van der Waals surface area contributed by atoms with Gasteiger partial charge in [0.2, 0.25) is 11.4 Å². The number of hydrogen-bond donors (Lipinski definition) is 0. The molecular formula is C42H64N2NiSi. The molecule has 1 aliphatic heterocycles. The number of aryl methyl sites for hydroxylation is 2. The standard InChI is InChI=1S/C40H58N2Si.2CH3.Ni/c1-6-8-10-11-12-13-14-15-16-17-18-19-20-22-38-33-39(36-27-23-35(24-28-36)31-32-43(3,4)5)42(41)40(38)37-29-25-34(26-30-37)21-9-7-2;;;/h23-30,33H,6-19,21,31-32H2,1-5H3;2*1H3;/q;2*-1;+2. The largest absolute Gasteiger partial charge is 2.00 e. The quantitative estimate of drug-likeness (QED) is 0.0463. The van der Waals surface area contributed by atoms with Crippen LogP contribution in [0.1, 0.15) is 126 Å². The van der Waals surface area contributed by atoms with Gasteiger partial charge in [0, 0.05) is 31.7 Å². The van der Waals surface area contributed by atoms with E-state index in [9.17, 15) is 5.53 Å². The van der Waals surface area contributed by atoms with Gasteiger partial charge < -0.3 is 20.4 Å². The van der Waals surface area contributed by atoms with Gasteiger partial charge in [0.05, 0.1) is 0 Å². The van der Waals surface area contributed by atoms with E-state index < -0.39 is 8.07 Å². The number of rotatable bonds is 19. The van der Waals surface area contributed by atoms with E-state index in [2.05, 4.69) is 99.9 Å². The summed E-state index contributed by atoms with van der Waals surface area (Å²) in [6, 6.07) is 18.7. The molecule has 0 spiro atoms. The van der Waals surface area contributed by atoms with Gasteiger partial charge in [-0.15, -0.1) is 0 Å². The molecule has 0 aromatic heterocycles. The van der Waals surface area contributed by atoms with Gasteiger partial charge >= 0.3 is 16.5 Å². The third-order valence-corrected chi connectivity index (χ3v) is 10.3. The van der Waals surface area contributed by atoms with E-state index in [1.165, 1.54) is 98.9 Å². The Balaban J connectivity index is 0.00000675. The molecule has 0 atom stereocenters. The second-order valence-corrected chi connectivity index (χ2v) is 19.4. The van der Waals surface area contributed by atoms with E-state index in [4.69, 9.17) is 0 Å². The number of hydrogen-bond acceptors (Lipinski definition) is 0. The number of benzene rings is 2. The summed E-state index contributed by atoms with van der Waals surface area (Å²) in [6.45, 7) is 11.8. The van der Waals surface area contributed by atoms with Gasteiger partial charge in [0.25, 0.3) is 0 Å². The molecule has 3 rings (SSSR count). The second kappa shape index (κ2) is 24.0. The van der Waals surface area contributed by atoms with Crippen molar-refractivity contribution in [2.24, 2.45) is 0 Å². The Labute approximate surface area is 296 Å². The van der Waals surface area contributed by atoms with E-state index in [1.54, 1.807) is 0 Å². The van der Waals surface area contributed by atoms with Crippen LogP contribution in [0, 0.1) is 26.7 Å². The van der Waals surface area contributed by atoms with Crippen molar-refractivity contribution in [1.82, 2.24) is 0 Å². The van der Waals surface area contributed by atoms with Gasteiger partial charge in [-0.1, -0.05) is 146 Å². The maximum Gasteiger partial charge on any atom is 2.00 e. The normalized spacial score (nSPS) is 12.5. The predicted octanol–water partition coefficient (Wildman–Crippen LogP) is 13.3. The van der Waals surface area contributed by atoms with Crippen LogP contribution in [0.4, 0.5) is 0 Å². The molecule has 256 valence electrons. The summed E-state index contributed by atoms with van der Waals surface area (Å²) < 4.78 is 1.37. The molecule has 2 nitrogen and oxygen atoms in total. The fourth-order valence-electron chi connectivity index (χ4n) is 5.69. The van der Waals surface area contributed by atoms with Crippen molar-refractivity contribution in [2.45, 2.75) is 142 Å². The van der Waals surface area contributed by atoms with Crippen LogP contribution in [-0.4, -0.2) is 12.8 Å². The number of nitrogens with zero attached hydrogens (tertiary/aromatic N) is 2. The molecule has 0 amide bonds. The minimum Gasteiger partial charge on any atom is -0.493 e. The van der Waals surface area contributed by atoms with Crippen LogP contribution < -0.4 is 0 Å². The van der Waals surface area contributed by atoms with Gasteiger partial charge in [-0.05, 0) is 61.1 Å². The van der Waals surface area contributed by atoms with Crippen LogP contribution in [-0.2, 0) is 29.3 Å². The predicted molar refractivity (Wildman–Crippen MR) is 204 cm³/mol. The summed E-state index contributed by atoms with van der Waals surface area (Å²) in [5.74, 6) is 6.89. The summed E-state index contributed by atoms with van der Waals surface area (Å²) in [5.41, 5.74) is 18.7. The minimum atomic E-state index is -1.07. The summed E-state index contributed by atoms with van der Waals surface area (Å²) in [5, 5.41) is 0. The first-order chi connectivity index (χ1) is 20.8. The van der Waals surface area contributed by atoms with Crippen molar-refractivity contribution < 1.29 is 21.2 Å². The maximum absolute atomic E-state index is 11.5. The molecule has 0 radical (unpaired) electrons. The number of allylic oxidation sites excluding steroid dienone is 2. The minimum absolute atomic E-state index is 0. The first-order valence-corrected chi connectivity index (χ1v) is 21.2. The van der Waals surface area contributed by atoms with Gasteiger partial charge in [0.15, 0.2) is 0 Å². The van der Waals surface area contributed by atoms with E-state index in [0.717, 1.165) is 53.8 Å². The molecule has 0 fully saturated rings. The van der Waals surface area contributed by atoms with E-state index >= 15 is 0 Å². The molecule has 0 N–H and O–H groups in total. The average Bonchev–Trinajstić information content (AvgIpc) is 3.33. The van der Waals surface area contributed by atoms with Gasteiger partial charge in [0.1, 0.15) is 5.57 Å². The molecule has 0 aliphatic carbocycles. The zero-order chi connectivity index (χ0) is 30.9. The third-order valence-electron chi connectivity index (χ3n) is 8.56. The van der Waals surface area contributed by atoms with Crippen LogP contribution in [0.2, 0.25) is 25.7 Å². The Morgan fingerprint density at radius 2 is 1.11 bits per heavy atom. The van der Waals surface area contributed by atoms with Crippen molar-refractivity contribution in [1.29, 1.82) is 0 Å². The molecule has 0 saturated carbocycles. The maximum atomic E-state index is 11.5. The smallest absolute Gasteiger partial charge is 0.493 e. The molecule has 2 aromatic rings. The Morgan fingerprint density at radius 1 is 0.630 bits per heavy atom. The zero-order valence-corrected chi connectivity index (χ0v) is 32.4. The average molecular weight is 684 g/mol. The van der Waals surface area contributed by atoms with Crippen molar-refractivity contribution in [2.75, 3.05) is 0 Å². The summed E-state index contributed by atoms with van der Waals surface area (Å²) in [4.78, 5) is 0. The first-order valence-electron chi connectivity index (χ1n) is 17.4. The van der Waals surface area contributed by atoms with Crippen molar-refractivity contribution in [3.8, 4) is 11.8 Å². The first kappa shape index (κ1) is 43.8. The van der Waals surface area contributed by atoms with Crippen LogP contribution in [0.3, 0.4) is 0 Å². The SMILES string of the molecule is CCCCCCCCCCCCCC#CC1=C(c2ccc(CCCC)cc2)[N+](=[N-])C(c2ccc(CC[Si](C)(C)C)cc2)=C1.[CH3-].[CH3-].[Ni+2]. The third kappa shape index (κ3) is 15.6. The van der Waals surface area contributed by atoms with Crippen LogP contribution in [0.5, 0.6) is 0 Å².